The van der Waals surface area contributed by atoms with Crippen molar-refractivity contribution in [1.82, 2.24) is 4.90 Å². The van der Waals surface area contributed by atoms with Gasteiger partial charge in [-0.25, -0.2) is 0 Å². The van der Waals surface area contributed by atoms with Gasteiger partial charge in [-0.2, -0.15) is 0 Å². The molecule has 1 atom stereocenters. The monoisotopic (exact) mass is 812 g/mol. The van der Waals surface area contributed by atoms with Crippen LogP contribution >= 0.6 is 0 Å². The maximum Gasteiger partial charge on any atom is 0.305 e. The fourth-order valence-corrected chi connectivity index (χ4v) is 7.23. The topological polar surface area (TPSA) is 76.1 Å². The first-order chi connectivity index (χ1) is 28.0. The van der Waals surface area contributed by atoms with Crippen LogP contribution in [0.1, 0.15) is 273 Å². The molecule has 1 N–H and O–H groups in total. The van der Waals surface area contributed by atoms with Gasteiger partial charge in [-0.1, -0.05) is 215 Å². The minimum Gasteiger partial charge on any atom is -0.468 e. The Bertz CT molecular complexity index is 714. The molecule has 0 saturated heterocycles. The molecule has 0 spiro atoms. The molecule has 0 amide bonds. The average Bonchev–Trinajstić information content (AvgIpc) is 3.22. The fraction of sp³-hybridized carbons (Fsp3) is 0.961. The van der Waals surface area contributed by atoms with E-state index in [1.807, 2.05) is 0 Å². The summed E-state index contributed by atoms with van der Waals surface area (Å²) in [5.74, 6) is 0.575. The molecule has 0 heterocycles. The van der Waals surface area contributed by atoms with E-state index in [0.717, 1.165) is 51.6 Å². The normalized spacial score (nSPS) is 11.4. The molecule has 0 aliphatic carbocycles. The van der Waals surface area contributed by atoms with Crippen LogP contribution in [0.5, 0.6) is 0 Å². The predicted molar refractivity (Wildman–Crippen MR) is 250 cm³/mol. The van der Waals surface area contributed by atoms with Crippen molar-refractivity contribution in [1.29, 1.82) is 0 Å². The number of nitrogens with zero attached hydrogens (tertiary/aromatic N) is 1. The van der Waals surface area contributed by atoms with Crippen molar-refractivity contribution >= 4 is 12.4 Å². The molecule has 0 aliphatic rings. The summed E-state index contributed by atoms with van der Waals surface area (Å²) in [7, 11) is 0. The number of aliphatic hydroxyl groups is 1. The van der Waals surface area contributed by atoms with Crippen LogP contribution < -0.4 is 0 Å². The largest absolute Gasteiger partial charge is 0.468 e. The SMILES string of the molecule is CCCCCCCC.CCCCCCCCC(CCCCCC)COC=O.CCCCCCCCCCOC(=O)CCCCCN(CCCCO)CCCCCC. The lowest BCUT2D eigenvalue weighted by Crippen LogP contribution is -2.27. The molecule has 0 aromatic carbocycles. The third-order valence-corrected chi connectivity index (χ3v) is 11.1. The van der Waals surface area contributed by atoms with Gasteiger partial charge in [0.15, 0.2) is 0 Å². The van der Waals surface area contributed by atoms with Crippen molar-refractivity contribution in [2.45, 2.75) is 273 Å². The molecule has 0 bridgehead atoms. The molecule has 6 nitrogen and oxygen atoms in total. The minimum atomic E-state index is -0.0164. The molecule has 0 fully saturated rings. The molecule has 0 radical (unpaired) electrons. The minimum absolute atomic E-state index is 0.0164. The van der Waals surface area contributed by atoms with Crippen LogP contribution in [-0.4, -0.2) is 61.9 Å². The Morgan fingerprint density at radius 1 is 0.474 bits per heavy atom. The van der Waals surface area contributed by atoms with Gasteiger partial charge in [-0.15, -0.1) is 0 Å². The number of ether oxygens (including phenoxy) is 2. The van der Waals surface area contributed by atoms with Gasteiger partial charge in [-0.05, 0) is 76.9 Å². The van der Waals surface area contributed by atoms with Gasteiger partial charge < -0.3 is 19.5 Å². The van der Waals surface area contributed by atoms with Crippen molar-refractivity contribution in [3.05, 3.63) is 0 Å². The second-order valence-corrected chi connectivity index (χ2v) is 17.0. The first-order valence-corrected chi connectivity index (χ1v) is 25.5. The van der Waals surface area contributed by atoms with Gasteiger partial charge in [0.2, 0.25) is 0 Å². The number of carbonyl (C=O) groups excluding carboxylic acids is 2. The van der Waals surface area contributed by atoms with E-state index < -0.39 is 0 Å². The number of unbranched alkanes of at least 4 members (excludes halogenated alkanes) is 26. The number of carbonyl (C=O) groups is 2. The highest BCUT2D eigenvalue weighted by molar-refractivity contribution is 5.69. The van der Waals surface area contributed by atoms with Crippen molar-refractivity contribution in [3.8, 4) is 0 Å². The van der Waals surface area contributed by atoms with Gasteiger partial charge in [-0.3, -0.25) is 9.59 Å². The number of aliphatic hydroxyl groups excluding tert-OH is 1. The first kappa shape index (κ1) is 60.2. The number of rotatable bonds is 44. The highest BCUT2D eigenvalue weighted by Gasteiger charge is 2.09. The van der Waals surface area contributed by atoms with E-state index in [9.17, 15) is 9.59 Å². The molecule has 0 aliphatic heterocycles. The predicted octanol–water partition coefficient (Wildman–Crippen LogP) is 15.7. The van der Waals surface area contributed by atoms with Gasteiger partial charge in [0.25, 0.3) is 6.47 Å². The zero-order valence-corrected chi connectivity index (χ0v) is 39.9. The van der Waals surface area contributed by atoms with Gasteiger partial charge in [0.1, 0.15) is 0 Å². The van der Waals surface area contributed by atoms with Crippen molar-refractivity contribution in [2.24, 2.45) is 5.92 Å². The summed E-state index contributed by atoms with van der Waals surface area (Å²) in [4.78, 5) is 24.7. The highest BCUT2D eigenvalue weighted by atomic mass is 16.5. The van der Waals surface area contributed by atoms with E-state index in [4.69, 9.17) is 14.6 Å². The number of hydrogen-bond donors (Lipinski definition) is 1. The maximum atomic E-state index is 11.9. The van der Waals surface area contributed by atoms with E-state index in [1.165, 1.54) is 193 Å². The van der Waals surface area contributed by atoms with Gasteiger partial charge >= 0.3 is 5.97 Å². The van der Waals surface area contributed by atoms with Crippen molar-refractivity contribution < 1.29 is 24.2 Å². The Morgan fingerprint density at radius 3 is 1.25 bits per heavy atom. The van der Waals surface area contributed by atoms with E-state index in [-0.39, 0.29) is 5.97 Å². The highest BCUT2D eigenvalue weighted by Crippen LogP contribution is 2.19. The molecular formula is C51H105NO5. The molecule has 344 valence electrons. The third kappa shape index (κ3) is 57.0. The second kappa shape index (κ2) is 57.0. The molecule has 6 heteroatoms. The van der Waals surface area contributed by atoms with Crippen molar-refractivity contribution in [2.75, 3.05) is 39.5 Å². The Kier molecular flexibility index (Phi) is 60.1. The lowest BCUT2D eigenvalue weighted by molar-refractivity contribution is -0.144. The third-order valence-electron chi connectivity index (χ3n) is 11.1. The van der Waals surface area contributed by atoms with Crippen LogP contribution in [-0.2, 0) is 19.1 Å². The van der Waals surface area contributed by atoms with E-state index in [0.29, 0.717) is 38.6 Å². The summed E-state index contributed by atoms with van der Waals surface area (Å²) < 4.78 is 10.4. The smallest absolute Gasteiger partial charge is 0.305 e. The zero-order chi connectivity index (χ0) is 42.6. The Balaban J connectivity index is -0.000000913. The van der Waals surface area contributed by atoms with Crippen LogP contribution in [0.2, 0.25) is 0 Å². The van der Waals surface area contributed by atoms with E-state index in [1.54, 1.807) is 0 Å². The molecule has 0 rings (SSSR count). The molecule has 0 aromatic heterocycles. The standard InChI is InChI=1S/C26H53NO3.C17H34O2.C8H18/c1-3-5-7-9-10-11-12-19-25-30-26(29)20-14-13-16-22-27(23-17-18-24-28)21-15-8-6-4-2;1-3-5-7-9-10-12-14-17(15-19-16-18)13-11-8-6-4-2;1-3-5-7-8-6-4-2/h28H,3-25H2,1-2H3;16-17H,3-15H2,1-2H3;3-8H2,1-2H3. The lowest BCUT2D eigenvalue weighted by atomic mass is 9.95. The van der Waals surface area contributed by atoms with Gasteiger partial charge in [0.05, 0.1) is 13.2 Å². The summed E-state index contributed by atoms with van der Waals surface area (Å²) in [5.41, 5.74) is 0. The van der Waals surface area contributed by atoms with Crippen LogP contribution in [0.25, 0.3) is 0 Å². The van der Waals surface area contributed by atoms with Crippen LogP contribution in [0.4, 0.5) is 0 Å². The second-order valence-electron chi connectivity index (χ2n) is 17.0. The van der Waals surface area contributed by atoms with Crippen LogP contribution in [0.3, 0.4) is 0 Å². The maximum absolute atomic E-state index is 11.9. The van der Waals surface area contributed by atoms with E-state index >= 15 is 0 Å². The average molecular weight is 812 g/mol. The zero-order valence-electron chi connectivity index (χ0n) is 39.9. The fourth-order valence-electron chi connectivity index (χ4n) is 7.23. The molecule has 0 aromatic rings. The van der Waals surface area contributed by atoms with Crippen LogP contribution in [0, 0.1) is 5.92 Å². The number of esters is 1. The Labute approximate surface area is 358 Å². The van der Waals surface area contributed by atoms with E-state index in [2.05, 4.69) is 46.4 Å². The summed E-state index contributed by atoms with van der Waals surface area (Å²) in [6.45, 7) is 19.0. The molecule has 0 saturated carbocycles. The Hall–Kier alpha value is -1.14. The summed E-state index contributed by atoms with van der Waals surface area (Å²) in [6, 6.07) is 0. The van der Waals surface area contributed by atoms with Crippen LogP contribution in [0.15, 0.2) is 0 Å². The quantitative estimate of drug-likeness (QED) is 0.0375. The molecule has 57 heavy (non-hydrogen) atoms. The Morgan fingerprint density at radius 2 is 0.825 bits per heavy atom. The summed E-state index contributed by atoms with van der Waals surface area (Å²) >= 11 is 0. The first-order valence-electron chi connectivity index (χ1n) is 25.5. The number of hydrogen-bond acceptors (Lipinski definition) is 6. The molecular weight excluding hydrogens is 707 g/mol. The summed E-state index contributed by atoms with van der Waals surface area (Å²) in [5, 5.41) is 9.00. The van der Waals surface area contributed by atoms with Crippen molar-refractivity contribution in [3.63, 3.8) is 0 Å². The molecule has 1 unspecified atom stereocenters. The van der Waals surface area contributed by atoms with Gasteiger partial charge in [0, 0.05) is 13.0 Å². The summed E-state index contributed by atoms with van der Waals surface area (Å²) in [6.07, 6.45) is 45.3. The lowest BCUT2D eigenvalue weighted by Gasteiger charge is -2.22.